The van der Waals surface area contributed by atoms with E-state index in [1.807, 2.05) is 6.07 Å². The normalized spacial score (nSPS) is 18.9. The number of amides is 1. The van der Waals surface area contributed by atoms with Gasteiger partial charge >= 0.3 is 5.97 Å². The SMILES string of the molecule is CCOC(=O)C1(C(N)=O)CCn2c(C(=O)c3ccccc3)ccc21. The number of ketones is 1. The van der Waals surface area contributed by atoms with Crippen LogP contribution in [-0.4, -0.2) is 28.8 Å². The van der Waals surface area contributed by atoms with Gasteiger partial charge in [-0.3, -0.25) is 14.4 Å². The summed E-state index contributed by atoms with van der Waals surface area (Å²) in [6.45, 7) is 2.19. The van der Waals surface area contributed by atoms with Crippen molar-refractivity contribution < 1.29 is 19.1 Å². The lowest BCUT2D eigenvalue weighted by Crippen LogP contribution is -2.47. The Kier molecular flexibility index (Phi) is 3.97. The number of hydrogen-bond acceptors (Lipinski definition) is 4. The molecule has 0 fully saturated rings. The van der Waals surface area contributed by atoms with Crippen LogP contribution in [0.1, 0.15) is 35.1 Å². The molecule has 0 radical (unpaired) electrons. The van der Waals surface area contributed by atoms with E-state index in [1.54, 1.807) is 47.9 Å². The average Bonchev–Trinajstić information content (AvgIpc) is 3.15. The highest BCUT2D eigenvalue weighted by molar-refractivity contribution is 6.11. The van der Waals surface area contributed by atoms with E-state index in [2.05, 4.69) is 0 Å². The zero-order valence-corrected chi connectivity index (χ0v) is 13.3. The molecule has 1 atom stereocenters. The van der Waals surface area contributed by atoms with Gasteiger partial charge in [0.15, 0.2) is 5.41 Å². The lowest BCUT2D eigenvalue weighted by molar-refractivity contribution is -0.154. The largest absolute Gasteiger partial charge is 0.465 e. The van der Waals surface area contributed by atoms with Gasteiger partial charge in [-0.1, -0.05) is 30.3 Å². The molecule has 1 aromatic carbocycles. The molecule has 1 unspecified atom stereocenters. The van der Waals surface area contributed by atoms with E-state index in [0.29, 0.717) is 23.5 Å². The van der Waals surface area contributed by atoms with E-state index in [1.165, 1.54) is 0 Å². The Balaban J connectivity index is 2.05. The Morgan fingerprint density at radius 2 is 1.88 bits per heavy atom. The van der Waals surface area contributed by atoms with Crippen LogP contribution in [0.25, 0.3) is 0 Å². The first kappa shape index (κ1) is 16.0. The average molecular weight is 326 g/mol. The van der Waals surface area contributed by atoms with Gasteiger partial charge < -0.3 is 15.0 Å². The zero-order valence-electron chi connectivity index (χ0n) is 13.3. The number of nitrogens with zero attached hydrogens (tertiary/aromatic N) is 1. The van der Waals surface area contributed by atoms with Crippen molar-refractivity contribution in [2.45, 2.75) is 25.3 Å². The summed E-state index contributed by atoms with van der Waals surface area (Å²) in [6, 6.07) is 12.1. The highest BCUT2D eigenvalue weighted by atomic mass is 16.5. The Hall–Kier alpha value is -2.89. The molecule has 0 bridgehead atoms. The van der Waals surface area contributed by atoms with Crippen molar-refractivity contribution in [2.24, 2.45) is 5.73 Å². The van der Waals surface area contributed by atoms with Gasteiger partial charge in [0.25, 0.3) is 0 Å². The summed E-state index contributed by atoms with van der Waals surface area (Å²) < 4.78 is 6.76. The van der Waals surface area contributed by atoms with Crippen LogP contribution in [0.2, 0.25) is 0 Å². The van der Waals surface area contributed by atoms with Gasteiger partial charge in [0.05, 0.1) is 12.3 Å². The minimum absolute atomic E-state index is 0.157. The Morgan fingerprint density at radius 1 is 1.17 bits per heavy atom. The first-order valence-electron chi connectivity index (χ1n) is 7.79. The topological polar surface area (TPSA) is 91.4 Å². The number of primary amides is 1. The summed E-state index contributed by atoms with van der Waals surface area (Å²) in [4.78, 5) is 37.2. The smallest absolute Gasteiger partial charge is 0.327 e. The summed E-state index contributed by atoms with van der Waals surface area (Å²) in [5, 5.41) is 0. The number of aromatic nitrogens is 1. The third-order valence-electron chi connectivity index (χ3n) is 4.44. The molecule has 24 heavy (non-hydrogen) atoms. The maximum atomic E-state index is 12.7. The second-order valence-electron chi connectivity index (χ2n) is 5.69. The molecular weight excluding hydrogens is 308 g/mol. The molecule has 6 heteroatoms. The third-order valence-corrected chi connectivity index (χ3v) is 4.44. The van der Waals surface area contributed by atoms with E-state index in [9.17, 15) is 14.4 Å². The van der Waals surface area contributed by atoms with Crippen molar-refractivity contribution in [1.82, 2.24) is 4.57 Å². The fourth-order valence-corrected chi connectivity index (χ4v) is 3.24. The van der Waals surface area contributed by atoms with Crippen molar-refractivity contribution >= 4 is 17.7 Å². The number of rotatable bonds is 5. The summed E-state index contributed by atoms with van der Waals surface area (Å²) in [5.41, 5.74) is 5.42. The maximum Gasteiger partial charge on any atom is 0.327 e. The number of carbonyl (C=O) groups is 3. The van der Waals surface area contributed by atoms with E-state index in [4.69, 9.17) is 10.5 Å². The van der Waals surface area contributed by atoms with Crippen LogP contribution in [0.4, 0.5) is 0 Å². The van der Waals surface area contributed by atoms with Crippen LogP contribution < -0.4 is 5.73 Å². The van der Waals surface area contributed by atoms with Crippen LogP contribution in [-0.2, 0) is 26.3 Å². The van der Waals surface area contributed by atoms with Crippen molar-refractivity contribution in [3.8, 4) is 0 Å². The molecule has 3 rings (SSSR count). The molecule has 2 N–H and O–H groups in total. The lowest BCUT2D eigenvalue weighted by Gasteiger charge is -2.22. The van der Waals surface area contributed by atoms with Gasteiger partial charge in [-0.25, -0.2) is 0 Å². The van der Waals surface area contributed by atoms with Gasteiger partial charge in [-0.05, 0) is 25.5 Å². The fourth-order valence-electron chi connectivity index (χ4n) is 3.24. The molecule has 1 amide bonds. The van der Waals surface area contributed by atoms with E-state index in [0.717, 1.165) is 0 Å². The number of benzene rings is 1. The van der Waals surface area contributed by atoms with E-state index >= 15 is 0 Å². The predicted molar refractivity (Wildman–Crippen MR) is 86.4 cm³/mol. The van der Waals surface area contributed by atoms with Crippen LogP contribution in [0.15, 0.2) is 42.5 Å². The molecule has 0 saturated carbocycles. The van der Waals surface area contributed by atoms with Crippen LogP contribution in [0, 0.1) is 0 Å². The molecule has 0 spiro atoms. The minimum Gasteiger partial charge on any atom is -0.465 e. The van der Waals surface area contributed by atoms with Gasteiger partial charge in [0, 0.05) is 17.8 Å². The Morgan fingerprint density at radius 3 is 2.50 bits per heavy atom. The number of esters is 1. The number of carbonyl (C=O) groups excluding carboxylic acids is 3. The van der Waals surface area contributed by atoms with E-state index in [-0.39, 0.29) is 18.8 Å². The standard InChI is InChI=1S/C18H18N2O4/c1-2-24-17(23)18(16(19)22)10-11-20-13(8-9-14(18)20)15(21)12-6-4-3-5-7-12/h3-9H,2,10-11H2,1H3,(H2,19,22). The van der Waals surface area contributed by atoms with Crippen LogP contribution >= 0.6 is 0 Å². The second kappa shape index (κ2) is 5.96. The molecule has 6 nitrogen and oxygen atoms in total. The van der Waals surface area contributed by atoms with Crippen LogP contribution in [0.5, 0.6) is 0 Å². The molecular formula is C18H18N2O4. The van der Waals surface area contributed by atoms with Crippen molar-refractivity contribution in [3.05, 3.63) is 59.4 Å². The van der Waals surface area contributed by atoms with Gasteiger partial charge in [-0.15, -0.1) is 0 Å². The van der Waals surface area contributed by atoms with Crippen molar-refractivity contribution in [2.75, 3.05) is 6.61 Å². The number of fused-ring (bicyclic) bond motifs is 1. The molecule has 0 saturated heterocycles. The van der Waals surface area contributed by atoms with Crippen molar-refractivity contribution in [1.29, 1.82) is 0 Å². The summed E-state index contributed by atoms with van der Waals surface area (Å²) in [5.74, 6) is -1.57. The fraction of sp³-hybridized carbons (Fsp3) is 0.278. The lowest BCUT2D eigenvalue weighted by atomic mass is 9.82. The molecule has 124 valence electrons. The first-order chi connectivity index (χ1) is 11.5. The predicted octanol–water partition coefficient (Wildman–Crippen LogP) is 1.41. The molecule has 0 aliphatic carbocycles. The highest BCUT2D eigenvalue weighted by Gasteiger charge is 2.53. The number of hydrogen-bond donors (Lipinski definition) is 1. The van der Waals surface area contributed by atoms with E-state index < -0.39 is 17.3 Å². The van der Waals surface area contributed by atoms with Crippen LogP contribution in [0.3, 0.4) is 0 Å². The summed E-state index contributed by atoms with van der Waals surface area (Å²) in [6.07, 6.45) is 0.201. The summed E-state index contributed by atoms with van der Waals surface area (Å²) >= 11 is 0. The maximum absolute atomic E-state index is 12.7. The zero-order chi connectivity index (χ0) is 17.3. The van der Waals surface area contributed by atoms with Crippen molar-refractivity contribution in [3.63, 3.8) is 0 Å². The molecule has 2 heterocycles. The highest BCUT2D eigenvalue weighted by Crippen LogP contribution is 2.38. The Bertz CT molecular complexity index is 810. The third kappa shape index (κ3) is 2.22. The molecule has 1 aliphatic heterocycles. The summed E-state index contributed by atoms with van der Waals surface area (Å²) in [7, 11) is 0. The number of ether oxygens (including phenoxy) is 1. The second-order valence-corrected chi connectivity index (χ2v) is 5.69. The minimum atomic E-state index is -1.52. The molecule has 2 aromatic rings. The Labute approximate surface area is 139 Å². The van der Waals surface area contributed by atoms with Gasteiger partial charge in [-0.2, -0.15) is 0 Å². The monoisotopic (exact) mass is 326 g/mol. The molecule has 1 aromatic heterocycles. The first-order valence-corrected chi connectivity index (χ1v) is 7.79. The molecule has 1 aliphatic rings. The van der Waals surface area contributed by atoms with Gasteiger partial charge in [0.2, 0.25) is 11.7 Å². The quantitative estimate of drug-likeness (QED) is 0.511. The van der Waals surface area contributed by atoms with Gasteiger partial charge in [0.1, 0.15) is 0 Å². The number of nitrogens with two attached hydrogens (primary N) is 1.